The van der Waals surface area contributed by atoms with Crippen LogP contribution in [-0.2, 0) is 4.79 Å². The van der Waals surface area contributed by atoms with Gasteiger partial charge in [-0.15, -0.1) is 0 Å². The van der Waals surface area contributed by atoms with Crippen LogP contribution in [0.1, 0.15) is 32.6 Å². The number of amides is 1. The summed E-state index contributed by atoms with van der Waals surface area (Å²) in [4.78, 5) is 21.6. The number of fused-ring (bicyclic) bond motifs is 1. The summed E-state index contributed by atoms with van der Waals surface area (Å²) in [5.41, 5.74) is 0.719. The van der Waals surface area contributed by atoms with Crippen molar-refractivity contribution in [3.8, 4) is 11.5 Å². The Labute approximate surface area is 152 Å². The van der Waals surface area contributed by atoms with E-state index < -0.39 is 0 Å². The van der Waals surface area contributed by atoms with Gasteiger partial charge in [0.05, 0.1) is 18.7 Å². The molecule has 0 bridgehead atoms. The number of aromatic nitrogens is 2. The largest absolute Gasteiger partial charge is 0.493 e. The van der Waals surface area contributed by atoms with Gasteiger partial charge in [-0.3, -0.25) is 4.79 Å². The number of methoxy groups -OCH3 is 1. The molecule has 134 valence electrons. The molecule has 1 aromatic carbocycles. The van der Waals surface area contributed by atoms with Crippen molar-refractivity contribution >= 4 is 28.4 Å². The standard InChI is InChI=1S/C18H22ClN3O3/c1-11(23)22(2)12-4-6-13(7-5-12)25-17-8-14-15(9-16(17)24-3)20-10-21-18(14)19/h8-10,12-13H,4-7H2,1-3H3. The van der Waals surface area contributed by atoms with Gasteiger partial charge >= 0.3 is 0 Å². The maximum atomic E-state index is 11.5. The van der Waals surface area contributed by atoms with Gasteiger partial charge in [0.1, 0.15) is 11.5 Å². The van der Waals surface area contributed by atoms with Crippen LogP contribution >= 0.6 is 11.6 Å². The van der Waals surface area contributed by atoms with E-state index in [9.17, 15) is 4.79 Å². The highest BCUT2D eigenvalue weighted by Gasteiger charge is 2.27. The molecule has 1 aliphatic carbocycles. The second-order valence-corrected chi connectivity index (χ2v) is 6.72. The van der Waals surface area contributed by atoms with Gasteiger partial charge in [0.2, 0.25) is 5.91 Å². The van der Waals surface area contributed by atoms with Gasteiger partial charge in [0, 0.05) is 31.5 Å². The van der Waals surface area contributed by atoms with Gasteiger partial charge in [-0.25, -0.2) is 9.97 Å². The number of halogens is 1. The summed E-state index contributed by atoms with van der Waals surface area (Å²) >= 11 is 6.17. The molecule has 0 N–H and O–H groups in total. The second-order valence-electron chi connectivity index (χ2n) is 6.36. The molecule has 0 radical (unpaired) electrons. The lowest BCUT2D eigenvalue weighted by Crippen LogP contribution is -2.40. The monoisotopic (exact) mass is 363 g/mol. The molecule has 1 aromatic heterocycles. The van der Waals surface area contributed by atoms with Crippen LogP contribution in [-0.4, -0.2) is 47.1 Å². The number of hydrogen-bond acceptors (Lipinski definition) is 5. The van der Waals surface area contributed by atoms with E-state index in [4.69, 9.17) is 21.1 Å². The van der Waals surface area contributed by atoms with Gasteiger partial charge < -0.3 is 14.4 Å². The summed E-state index contributed by atoms with van der Waals surface area (Å²) in [6.07, 6.45) is 5.16. The predicted octanol–water partition coefficient (Wildman–Crippen LogP) is 3.46. The zero-order valence-corrected chi connectivity index (χ0v) is 15.4. The maximum Gasteiger partial charge on any atom is 0.219 e. The van der Waals surface area contributed by atoms with Crippen LogP contribution in [0.5, 0.6) is 11.5 Å². The maximum absolute atomic E-state index is 11.5. The summed E-state index contributed by atoms with van der Waals surface area (Å²) < 4.78 is 11.6. The molecule has 2 aromatic rings. The van der Waals surface area contributed by atoms with Crippen LogP contribution in [0.2, 0.25) is 5.15 Å². The topological polar surface area (TPSA) is 64.6 Å². The number of nitrogens with zero attached hydrogens (tertiary/aromatic N) is 3. The Kier molecular flexibility index (Phi) is 5.27. The molecule has 1 amide bonds. The molecule has 1 heterocycles. The third-order valence-corrected chi connectivity index (χ3v) is 5.16. The van der Waals surface area contributed by atoms with E-state index in [1.165, 1.54) is 6.33 Å². The zero-order chi connectivity index (χ0) is 18.0. The van der Waals surface area contributed by atoms with Crippen LogP contribution in [0.15, 0.2) is 18.5 Å². The summed E-state index contributed by atoms with van der Waals surface area (Å²) in [5.74, 6) is 1.38. The summed E-state index contributed by atoms with van der Waals surface area (Å²) in [7, 11) is 3.47. The fourth-order valence-electron chi connectivity index (χ4n) is 3.27. The molecule has 1 fully saturated rings. The smallest absolute Gasteiger partial charge is 0.219 e. The van der Waals surface area contributed by atoms with Crippen molar-refractivity contribution in [3.05, 3.63) is 23.6 Å². The minimum Gasteiger partial charge on any atom is -0.493 e. The average molecular weight is 364 g/mol. The van der Waals surface area contributed by atoms with Crippen LogP contribution in [0.4, 0.5) is 0 Å². The Balaban J connectivity index is 1.75. The Morgan fingerprint density at radius 3 is 2.56 bits per heavy atom. The number of carbonyl (C=O) groups is 1. The second kappa shape index (κ2) is 7.44. The number of rotatable bonds is 4. The third kappa shape index (κ3) is 3.79. The van der Waals surface area contributed by atoms with Crippen LogP contribution < -0.4 is 9.47 Å². The highest BCUT2D eigenvalue weighted by molar-refractivity contribution is 6.34. The lowest BCUT2D eigenvalue weighted by molar-refractivity contribution is -0.130. The van der Waals surface area contributed by atoms with E-state index in [1.54, 1.807) is 14.0 Å². The molecule has 1 aliphatic rings. The first kappa shape index (κ1) is 17.7. The fraction of sp³-hybridized carbons (Fsp3) is 0.500. The molecule has 0 spiro atoms. The van der Waals surface area contributed by atoms with Crippen molar-refractivity contribution in [3.63, 3.8) is 0 Å². The van der Waals surface area contributed by atoms with Crippen molar-refractivity contribution in [2.45, 2.75) is 44.8 Å². The molecular weight excluding hydrogens is 342 g/mol. The van der Waals surface area contributed by atoms with E-state index in [0.717, 1.165) is 36.6 Å². The molecule has 7 heteroatoms. The summed E-state index contributed by atoms with van der Waals surface area (Å²) in [6.45, 7) is 1.61. The van der Waals surface area contributed by atoms with Crippen LogP contribution in [0, 0.1) is 0 Å². The van der Waals surface area contributed by atoms with E-state index >= 15 is 0 Å². The lowest BCUT2D eigenvalue weighted by Gasteiger charge is -2.34. The average Bonchev–Trinajstić information content (AvgIpc) is 2.62. The number of carbonyl (C=O) groups excluding carboxylic acids is 1. The van der Waals surface area contributed by atoms with Crippen molar-refractivity contribution in [2.24, 2.45) is 0 Å². The lowest BCUT2D eigenvalue weighted by atomic mass is 9.92. The highest BCUT2D eigenvalue weighted by atomic mass is 35.5. The Morgan fingerprint density at radius 2 is 1.92 bits per heavy atom. The van der Waals surface area contributed by atoms with E-state index in [2.05, 4.69) is 9.97 Å². The van der Waals surface area contributed by atoms with Gasteiger partial charge in [0.15, 0.2) is 11.5 Å². The molecule has 25 heavy (non-hydrogen) atoms. The fourth-order valence-corrected chi connectivity index (χ4v) is 3.47. The first-order chi connectivity index (χ1) is 12.0. The molecule has 0 unspecified atom stereocenters. The van der Waals surface area contributed by atoms with E-state index in [0.29, 0.717) is 22.7 Å². The number of ether oxygens (including phenoxy) is 2. The van der Waals surface area contributed by atoms with Crippen molar-refractivity contribution in [1.82, 2.24) is 14.9 Å². The van der Waals surface area contributed by atoms with Gasteiger partial charge in [-0.2, -0.15) is 0 Å². The molecule has 6 nitrogen and oxygen atoms in total. The molecule has 3 rings (SSSR count). The summed E-state index contributed by atoms with van der Waals surface area (Å²) in [6, 6.07) is 3.94. The van der Waals surface area contributed by atoms with Gasteiger partial charge in [-0.05, 0) is 31.7 Å². The summed E-state index contributed by atoms with van der Waals surface area (Å²) in [5, 5.41) is 1.13. The Hall–Kier alpha value is -2.08. The molecule has 0 saturated heterocycles. The normalized spacial score (nSPS) is 20.3. The first-order valence-corrected chi connectivity index (χ1v) is 8.75. The van der Waals surface area contributed by atoms with Gasteiger partial charge in [0.25, 0.3) is 0 Å². The quantitative estimate of drug-likeness (QED) is 0.778. The molecule has 0 aliphatic heterocycles. The highest BCUT2D eigenvalue weighted by Crippen LogP contribution is 2.36. The first-order valence-electron chi connectivity index (χ1n) is 8.38. The number of hydrogen-bond donors (Lipinski definition) is 0. The van der Waals surface area contributed by atoms with Crippen molar-refractivity contribution < 1.29 is 14.3 Å². The zero-order valence-electron chi connectivity index (χ0n) is 14.7. The molecular formula is C18H22ClN3O3. The van der Waals surface area contributed by atoms with Crippen molar-refractivity contribution in [2.75, 3.05) is 14.2 Å². The third-order valence-electron chi connectivity index (χ3n) is 4.85. The van der Waals surface area contributed by atoms with Crippen molar-refractivity contribution in [1.29, 1.82) is 0 Å². The minimum absolute atomic E-state index is 0.0892. The molecule has 1 saturated carbocycles. The van der Waals surface area contributed by atoms with Gasteiger partial charge in [-0.1, -0.05) is 11.6 Å². The molecule has 0 atom stereocenters. The van der Waals surface area contributed by atoms with E-state index in [1.807, 2.05) is 24.1 Å². The number of benzene rings is 1. The predicted molar refractivity (Wildman–Crippen MR) is 96.2 cm³/mol. The SMILES string of the molecule is COc1cc2ncnc(Cl)c2cc1OC1CCC(N(C)C(C)=O)CC1. The van der Waals surface area contributed by atoms with Crippen LogP contribution in [0.25, 0.3) is 10.9 Å². The van der Waals surface area contributed by atoms with Crippen LogP contribution in [0.3, 0.4) is 0 Å². The Morgan fingerprint density at radius 1 is 1.20 bits per heavy atom. The Bertz CT molecular complexity index is 775. The minimum atomic E-state index is 0.0892. The van der Waals surface area contributed by atoms with E-state index in [-0.39, 0.29) is 12.0 Å².